The second-order valence-corrected chi connectivity index (χ2v) is 4.05. The topological polar surface area (TPSA) is 52.7 Å². The van der Waals surface area contributed by atoms with Crippen LogP contribution in [0.3, 0.4) is 0 Å². The van der Waals surface area contributed by atoms with Gasteiger partial charge in [0.05, 0.1) is 6.54 Å². The van der Waals surface area contributed by atoms with Crippen molar-refractivity contribution in [3.63, 3.8) is 0 Å². The van der Waals surface area contributed by atoms with E-state index in [0.29, 0.717) is 11.6 Å². The van der Waals surface area contributed by atoms with Crippen LogP contribution in [-0.4, -0.2) is 19.3 Å². The molecule has 0 aromatic carbocycles. The zero-order valence-corrected chi connectivity index (χ0v) is 10.3. The maximum Gasteiger partial charge on any atom is 0.421 e. The molecule has 0 aliphatic carbocycles. The van der Waals surface area contributed by atoms with E-state index in [-0.39, 0.29) is 6.54 Å². The van der Waals surface area contributed by atoms with Gasteiger partial charge in [0.25, 0.3) is 5.56 Å². The fraction of sp³-hybridized carbons (Fsp3) is 0.364. The van der Waals surface area contributed by atoms with E-state index in [2.05, 4.69) is 10.1 Å². The summed E-state index contributed by atoms with van der Waals surface area (Å²) in [6.07, 6.45) is -3.36. The lowest BCUT2D eigenvalue weighted by Crippen LogP contribution is -2.29. The molecule has 2 rings (SSSR count). The third-order valence-electron chi connectivity index (χ3n) is 2.60. The maximum atomic E-state index is 12.6. The van der Waals surface area contributed by atoms with Crippen LogP contribution in [0.15, 0.2) is 23.1 Å². The summed E-state index contributed by atoms with van der Waals surface area (Å²) in [6, 6.07) is 1.95. The minimum Gasteiger partial charge on any atom is -0.307 e. The molecule has 5 nitrogen and oxygen atoms in total. The molecular weight excluding hydrogens is 261 g/mol. The van der Waals surface area contributed by atoms with Gasteiger partial charge in [-0.15, -0.1) is 0 Å². The van der Waals surface area contributed by atoms with Crippen molar-refractivity contribution in [2.45, 2.75) is 19.6 Å². The van der Waals surface area contributed by atoms with E-state index in [1.54, 1.807) is 14.0 Å². The minimum absolute atomic E-state index is 0.0555. The summed E-state index contributed by atoms with van der Waals surface area (Å²) in [7, 11) is 1.62. The van der Waals surface area contributed by atoms with Crippen molar-refractivity contribution in [1.29, 1.82) is 0 Å². The first-order valence-electron chi connectivity index (χ1n) is 5.42. The van der Waals surface area contributed by atoms with Crippen molar-refractivity contribution in [2.75, 3.05) is 0 Å². The summed E-state index contributed by atoms with van der Waals surface area (Å²) in [5.41, 5.74) is -2.27. The average molecular weight is 272 g/mol. The van der Waals surface area contributed by atoms with Crippen LogP contribution in [0.25, 0.3) is 0 Å². The number of aromatic nitrogens is 4. The lowest BCUT2D eigenvalue weighted by molar-refractivity contribution is -0.138. The molecule has 0 saturated heterocycles. The van der Waals surface area contributed by atoms with Crippen LogP contribution in [0.2, 0.25) is 0 Å². The summed E-state index contributed by atoms with van der Waals surface area (Å²) in [5.74, 6) is 0.913. The summed E-state index contributed by atoms with van der Waals surface area (Å²) >= 11 is 0. The first kappa shape index (κ1) is 13.3. The zero-order valence-electron chi connectivity index (χ0n) is 10.3. The molecule has 102 valence electrons. The highest BCUT2D eigenvalue weighted by atomic mass is 19.4. The molecule has 0 aliphatic rings. The molecule has 19 heavy (non-hydrogen) atoms. The van der Waals surface area contributed by atoms with Crippen LogP contribution < -0.4 is 5.56 Å². The highest BCUT2D eigenvalue weighted by Crippen LogP contribution is 2.25. The van der Waals surface area contributed by atoms with E-state index in [1.807, 2.05) is 0 Å². The molecule has 0 spiro atoms. The highest BCUT2D eigenvalue weighted by Gasteiger charge is 2.34. The van der Waals surface area contributed by atoms with Crippen LogP contribution in [-0.2, 0) is 19.8 Å². The Morgan fingerprint density at radius 1 is 1.37 bits per heavy atom. The van der Waals surface area contributed by atoms with Gasteiger partial charge in [0, 0.05) is 13.2 Å². The Bertz CT molecular complexity index is 657. The van der Waals surface area contributed by atoms with Gasteiger partial charge in [-0.2, -0.15) is 18.3 Å². The molecule has 8 heteroatoms. The van der Waals surface area contributed by atoms with Crippen molar-refractivity contribution < 1.29 is 13.2 Å². The summed E-state index contributed by atoms with van der Waals surface area (Å²) in [6.45, 7) is 1.61. The van der Waals surface area contributed by atoms with Crippen molar-refractivity contribution in [3.05, 3.63) is 45.9 Å². The van der Waals surface area contributed by atoms with Crippen LogP contribution >= 0.6 is 0 Å². The fourth-order valence-electron chi connectivity index (χ4n) is 1.72. The highest BCUT2D eigenvalue weighted by molar-refractivity contribution is 5.14. The standard InChI is InChI=1S/C11H11F3N4O/c1-7-15-9(17(2)16-7)6-18-5-3-4-8(10(18)19)11(12,13)14/h3-5H,6H2,1-2H3. The molecule has 0 unspecified atom stereocenters. The lowest BCUT2D eigenvalue weighted by Gasteiger charge is -2.09. The predicted octanol–water partition coefficient (Wildman–Crippen LogP) is 1.35. The Kier molecular flexibility index (Phi) is 3.17. The van der Waals surface area contributed by atoms with Gasteiger partial charge in [0.15, 0.2) is 0 Å². The van der Waals surface area contributed by atoms with Gasteiger partial charge in [-0.1, -0.05) is 0 Å². The molecule has 0 radical (unpaired) electrons. The van der Waals surface area contributed by atoms with Crippen molar-refractivity contribution in [2.24, 2.45) is 7.05 Å². The number of pyridine rings is 1. The van der Waals surface area contributed by atoms with Crippen molar-refractivity contribution in [3.8, 4) is 0 Å². The number of aryl methyl sites for hydroxylation is 2. The average Bonchev–Trinajstić information content (AvgIpc) is 2.59. The van der Waals surface area contributed by atoms with Crippen LogP contribution in [0, 0.1) is 6.92 Å². The SMILES string of the molecule is Cc1nc(Cn2cccc(C(F)(F)F)c2=O)n(C)n1. The number of hydrogen-bond donors (Lipinski definition) is 0. The van der Waals surface area contributed by atoms with E-state index in [4.69, 9.17) is 0 Å². The van der Waals surface area contributed by atoms with E-state index >= 15 is 0 Å². The van der Waals surface area contributed by atoms with Crippen molar-refractivity contribution >= 4 is 0 Å². The normalized spacial score (nSPS) is 11.8. The Balaban J connectivity index is 2.42. The van der Waals surface area contributed by atoms with Gasteiger partial charge in [0.2, 0.25) is 0 Å². The van der Waals surface area contributed by atoms with Gasteiger partial charge in [-0.3, -0.25) is 9.48 Å². The third-order valence-corrected chi connectivity index (χ3v) is 2.60. The Morgan fingerprint density at radius 2 is 2.05 bits per heavy atom. The molecule has 2 aromatic heterocycles. The van der Waals surface area contributed by atoms with Gasteiger partial charge < -0.3 is 4.57 Å². The second-order valence-electron chi connectivity index (χ2n) is 4.05. The summed E-state index contributed by atoms with van der Waals surface area (Å²) in [4.78, 5) is 15.8. The Hall–Kier alpha value is -2.12. The number of nitrogens with zero attached hydrogens (tertiary/aromatic N) is 4. The number of rotatable bonds is 2. The first-order valence-corrected chi connectivity index (χ1v) is 5.42. The van der Waals surface area contributed by atoms with E-state index < -0.39 is 17.3 Å². The van der Waals surface area contributed by atoms with Crippen LogP contribution in [0.5, 0.6) is 0 Å². The smallest absolute Gasteiger partial charge is 0.307 e. The predicted molar refractivity (Wildman–Crippen MR) is 60.5 cm³/mol. The summed E-state index contributed by atoms with van der Waals surface area (Å²) < 4.78 is 40.2. The molecule has 0 aliphatic heterocycles. The first-order chi connectivity index (χ1) is 8.79. The molecule has 0 bridgehead atoms. The fourth-order valence-corrected chi connectivity index (χ4v) is 1.72. The Morgan fingerprint density at radius 3 is 2.58 bits per heavy atom. The lowest BCUT2D eigenvalue weighted by atomic mass is 10.2. The second kappa shape index (κ2) is 4.52. The molecule has 0 fully saturated rings. The van der Waals surface area contributed by atoms with Crippen molar-refractivity contribution in [1.82, 2.24) is 19.3 Å². The monoisotopic (exact) mass is 272 g/mol. The molecule has 2 heterocycles. The quantitative estimate of drug-likeness (QED) is 0.829. The largest absolute Gasteiger partial charge is 0.421 e. The molecular formula is C11H11F3N4O. The molecule has 2 aromatic rings. The molecule has 0 saturated carbocycles. The van der Waals surface area contributed by atoms with Gasteiger partial charge in [-0.25, -0.2) is 4.98 Å². The molecule has 0 N–H and O–H groups in total. The van der Waals surface area contributed by atoms with E-state index in [0.717, 1.165) is 10.6 Å². The Labute approximate surface area is 106 Å². The number of hydrogen-bond acceptors (Lipinski definition) is 3. The third kappa shape index (κ3) is 2.67. The van der Waals surface area contributed by atoms with Crippen LogP contribution in [0.1, 0.15) is 17.2 Å². The summed E-state index contributed by atoms with van der Waals surface area (Å²) in [5, 5.41) is 3.98. The number of halogens is 3. The van der Waals surface area contributed by atoms with Crippen LogP contribution in [0.4, 0.5) is 13.2 Å². The van der Waals surface area contributed by atoms with E-state index in [1.165, 1.54) is 16.9 Å². The van der Waals surface area contributed by atoms with E-state index in [9.17, 15) is 18.0 Å². The maximum absolute atomic E-state index is 12.6. The molecule has 0 amide bonds. The van der Waals surface area contributed by atoms with Gasteiger partial charge in [-0.05, 0) is 19.1 Å². The van der Waals surface area contributed by atoms with Gasteiger partial charge in [0.1, 0.15) is 17.2 Å². The zero-order chi connectivity index (χ0) is 14.2. The minimum atomic E-state index is -4.66. The van der Waals surface area contributed by atoms with Gasteiger partial charge >= 0.3 is 6.18 Å². The number of alkyl halides is 3. The molecule has 0 atom stereocenters.